The van der Waals surface area contributed by atoms with E-state index in [1.807, 2.05) is 12.3 Å². The first-order chi connectivity index (χ1) is 9.50. The highest BCUT2D eigenvalue weighted by molar-refractivity contribution is 7.86. The van der Waals surface area contributed by atoms with Crippen LogP contribution in [0.3, 0.4) is 0 Å². The Morgan fingerprint density at radius 1 is 1.30 bits per heavy atom. The van der Waals surface area contributed by atoms with Crippen LogP contribution in [0.2, 0.25) is 0 Å². The minimum atomic E-state index is -3.27. The lowest BCUT2D eigenvalue weighted by Gasteiger charge is -2.24. The van der Waals surface area contributed by atoms with Crippen LogP contribution in [0.5, 0.6) is 0 Å². The Kier molecular flexibility index (Phi) is 5.50. The van der Waals surface area contributed by atoms with Gasteiger partial charge in [0.15, 0.2) is 0 Å². The van der Waals surface area contributed by atoms with Gasteiger partial charge < -0.3 is 4.90 Å². The summed E-state index contributed by atoms with van der Waals surface area (Å²) in [5, 5.41) is 0. The summed E-state index contributed by atoms with van der Waals surface area (Å²) in [4.78, 5) is 3.62. The molecule has 8 heteroatoms. The van der Waals surface area contributed by atoms with Crippen LogP contribution in [0.15, 0.2) is 12.3 Å². The molecule has 0 aliphatic carbocycles. The van der Waals surface area contributed by atoms with Crippen LogP contribution in [0.4, 0.5) is 0 Å². The zero-order valence-electron chi connectivity index (χ0n) is 12.0. The molecule has 1 aromatic rings. The van der Waals surface area contributed by atoms with Gasteiger partial charge in [-0.1, -0.05) is 0 Å². The van der Waals surface area contributed by atoms with Gasteiger partial charge in [-0.15, -0.1) is 0 Å². The van der Waals surface area contributed by atoms with E-state index in [1.165, 1.54) is 20.7 Å². The molecule has 20 heavy (non-hydrogen) atoms. The molecule has 114 valence electrons. The van der Waals surface area contributed by atoms with Crippen molar-refractivity contribution in [3.05, 3.63) is 17.1 Å². The molecule has 0 amide bonds. The maximum absolute atomic E-state index is 12.1. The van der Waals surface area contributed by atoms with E-state index in [1.54, 1.807) is 18.4 Å². The Labute approximate surface area is 125 Å². The Morgan fingerprint density at radius 3 is 2.75 bits per heavy atom. The molecule has 0 radical (unpaired) electrons. The normalized spacial score (nSPS) is 19.4. The van der Waals surface area contributed by atoms with Crippen molar-refractivity contribution in [2.45, 2.75) is 12.8 Å². The lowest BCUT2D eigenvalue weighted by atomic mass is 10.3. The molecule has 1 aromatic heterocycles. The van der Waals surface area contributed by atoms with Crippen molar-refractivity contribution >= 4 is 21.7 Å². The molecule has 0 N–H and O–H groups in total. The fraction of sp³-hybridized carbons (Fsp3) is 0.750. The fourth-order valence-corrected chi connectivity index (χ4v) is 3.97. The van der Waals surface area contributed by atoms with Gasteiger partial charge in [0.25, 0.3) is 10.2 Å². The highest BCUT2D eigenvalue weighted by Gasteiger charge is 2.26. The zero-order valence-corrected chi connectivity index (χ0v) is 13.7. The quantitative estimate of drug-likeness (QED) is 0.793. The summed E-state index contributed by atoms with van der Waals surface area (Å²) in [5.74, 6) is 0. The number of hydrogen-bond donors (Lipinski definition) is 0. The van der Waals surface area contributed by atoms with Crippen LogP contribution in [0, 0.1) is 0 Å². The topological polar surface area (TPSA) is 56.8 Å². The monoisotopic (exact) mass is 318 g/mol. The Hall–Kier alpha value is -0.540. The van der Waals surface area contributed by atoms with Crippen LogP contribution < -0.4 is 0 Å². The van der Waals surface area contributed by atoms with E-state index in [9.17, 15) is 8.42 Å². The molecule has 2 rings (SSSR count). The van der Waals surface area contributed by atoms with Crippen molar-refractivity contribution in [2.24, 2.45) is 0 Å². The first kappa shape index (κ1) is 15.8. The van der Waals surface area contributed by atoms with Gasteiger partial charge in [-0.2, -0.15) is 17.0 Å². The lowest BCUT2D eigenvalue weighted by Crippen LogP contribution is -2.42. The van der Waals surface area contributed by atoms with Crippen molar-refractivity contribution in [3.63, 3.8) is 0 Å². The number of nitrogens with zero attached hydrogens (tertiary/aromatic N) is 4. The van der Waals surface area contributed by atoms with Gasteiger partial charge in [0.1, 0.15) is 0 Å². The Balaban J connectivity index is 1.86. The molecule has 2 heterocycles. The standard InChI is InChI=1S/C12H22N4O2S2/c1-14(2)20(17,18)16-8-3-7-15(10-11-16)9-5-12-4-6-13-19-12/h4,6H,3,5,7-11H2,1-2H3. The summed E-state index contributed by atoms with van der Waals surface area (Å²) in [6, 6.07) is 2.05. The van der Waals surface area contributed by atoms with Crippen LogP contribution in [0.25, 0.3) is 0 Å². The molecule has 0 spiro atoms. The molecule has 0 unspecified atom stereocenters. The van der Waals surface area contributed by atoms with Crippen molar-refractivity contribution in [3.8, 4) is 0 Å². The van der Waals surface area contributed by atoms with Crippen molar-refractivity contribution < 1.29 is 8.42 Å². The molecule has 1 aliphatic heterocycles. The Bertz CT molecular complexity index is 502. The summed E-state index contributed by atoms with van der Waals surface area (Å²) < 4.78 is 31.2. The van der Waals surface area contributed by atoms with E-state index >= 15 is 0 Å². The van der Waals surface area contributed by atoms with E-state index in [-0.39, 0.29) is 0 Å². The number of rotatable bonds is 5. The minimum Gasteiger partial charge on any atom is -0.302 e. The maximum atomic E-state index is 12.1. The van der Waals surface area contributed by atoms with E-state index in [0.717, 1.165) is 32.5 Å². The largest absolute Gasteiger partial charge is 0.302 e. The van der Waals surface area contributed by atoms with Gasteiger partial charge in [-0.3, -0.25) is 0 Å². The molecular weight excluding hydrogens is 296 g/mol. The van der Waals surface area contributed by atoms with Crippen LogP contribution >= 0.6 is 11.5 Å². The first-order valence-electron chi connectivity index (χ1n) is 6.79. The zero-order chi connectivity index (χ0) is 14.6. The number of hydrogen-bond acceptors (Lipinski definition) is 5. The average Bonchev–Trinajstić information content (AvgIpc) is 2.80. The highest BCUT2D eigenvalue weighted by atomic mass is 32.2. The predicted octanol–water partition coefficient (Wildman–Crippen LogP) is 0.500. The molecule has 0 saturated carbocycles. The Morgan fingerprint density at radius 2 is 2.10 bits per heavy atom. The van der Waals surface area contributed by atoms with Gasteiger partial charge >= 0.3 is 0 Å². The molecule has 1 aliphatic rings. The highest BCUT2D eigenvalue weighted by Crippen LogP contribution is 2.12. The van der Waals surface area contributed by atoms with Crippen LogP contribution in [-0.2, 0) is 16.6 Å². The van der Waals surface area contributed by atoms with E-state index in [2.05, 4.69) is 9.27 Å². The fourth-order valence-electron chi connectivity index (χ4n) is 2.27. The number of aromatic nitrogens is 1. The van der Waals surface area contributed by atoms with Gasteiger partial charge in [-0.05, 0) is 37.0 Å². The maximum Gasteiger partial charge on any atom is 0.281 e. The van der Waals surface area contributed by atoms with Gasteiger partial charge in [0.05, 0.1) is 0 Å². The molecule has 0 bridgehead atoms. The van der Waals surface area contributed by atoms with Crippen LogP contribution in [0.1, 0.15) is 11.3 Å². The summed E-state index contributed by atoms with van der Waals surface area (Å²) in [6.45, 7) is 3.91. The summed E-state index contributed by atoms with van der Waals surface area (Å²) in [6.07, 6.45) is 3.70. The molecular formula is C12H22N4O2S2. The molecule has 0 atom stereocenters. The second-order valence-electron chi connectivity index (χ2n) is 5.11. The second-order valence-corrected chi connectivity index (χ2v) is 8.17. The van der Waals surface area contributed by atoms with Gasteiger partial charge in [0.2, 0.25) is 0 Å². The smallest absolute Gasteiger partial charge is 0.281 e. The van der Waals surface area contributed by atoms with E-state index in [4.69, 9.17) is 0 Å². The molecule has 6 nitrogen and oxygen atoms in total. The third kappa shape index (κ3) is 3.98. The molecule has 1 saturated heterocycles. The third-order valence-electron chi connectivity index (χ3n) is 3.50. The second kappa shape index (κ2) is 6.95. The lowest BCUT2D eigenvalue weighted by molar-refractivity contribution is 0.289. The van der Waals surface area contributed by atoms with E-state index < -0.39 is 10.2 Å². The van der Waals surface area contributed by atoms with Crippen molar-refractivity contribution in [1.82, 2.24) is 17.9 Å². The summed E-state index contributed by atoms with van der Waals surface area (Å²) in [7, 11) is -0.103. The van der Waals surface area contributed by atoms with E-state index in [0.29, 0.717) is 13.1 Å². The SMILES string of the molecule is CN(C)S(=O)(=O)N1CCCN(CCc2ccns2)CC1. The summed E-state index contributed by atoms with van der Waals surface area (Å²) in [5.41, 5.74) is 0. The van der Waals surface area contributed by atoms with Gasteiger partial charge in [-0.25, -0.2) is 4.37 Å². The first-order valence-corrected chi connectivity index (χ1v) is 8.96. The predicted molar refractivity (Wildman–Crippen MR) is 81.1 cm³/mol. The summed E-state index contributed by atoms with van der Waals surface area (Å²) >= 11 is 1.54. The van der Waals surface area contributed by atoms with Crippen LogP contribution in [-0.4, -0.2) is 73.1 Å². The molecule has 1 fully saturated rings. The third-order valence-corrected chi connectivity index (χ3v) is 6.24. The van der Waals surface area contributed by atoms with Crippen molar-refractivity contribution in [1.29, 1.82) is 0 Å². The van der Waals surface area contributed by atoms with Gasteiger partial charge in [0, 0.05) is 51.3 Å². The average molecular weight is 318 g/mol. The van der Waals surface area contributed by atoms with Crippen molar-refractivity contribution in [2.75, 3.05) is 46.8 Å². The minimum absolute atomic E-state index is 0.573. The molecule has 0 aromatic carbocycles.